The van der Waals surface area contributed by atoms with Gasteiger partial charge >= 0.3 is 0 Å². The van der Waals surface area contributed by atoms with Crippen LogP contribution in [0.4, 0.5) is 0 Å². The average Bonchev–Trinajstić information content (AvgIpc) is 2.21. The van der Waals surface area contributed by atoms with E-state index < -0.39 is 0 Å². The van der Waals surface area contributed by atoms with Gasteiger partial charge in [-0.15, -0.1) is 0 Å². The van der Waals surface area contributed by atoms with E-state index in [1.807, 2.05) is 0 Å². The Morgan fingerprint density at radius 3 is 2.71 bits per heavy atom. The second-order valence-electron chi connectivity index (χ2n) is 4.34. The zero-order chi connectivity index (χ0) is 12.8. The largest absolute Gasteiger partial charge is 0.489 e. The molecule has 0 atom stereocenters. The molecule has 94 valence electrons. The topological polar surface area (TPSA) is 35.2 Å². The van der Waals surface area contributed by atoms with Gasteiger partial charge in [0.15, 0.2) is 0 Å². The molecule has 1 aromatic rings. The van der Waals surface area contributed by atoms with Crippen LogP contribution in [0.1, 0.15) is 25.0 Å². The van der Waals surface area contributed by atoms with Crippen molar-refractivity contribution in [1.82, 2.24) is 0 Å². The molecule has 0 saturated carbocycles. The SMILES string of the molecule is CC(C)=CCOc1c(C)cc(Br)cc1CCN. The molecule has 0 saturated heterocycles. The zero-order valence-electron chi connectivity index (χ0n) is 10.7. The maximum absolute atomic E-state index is 5.83. The summed E-state index contributed by atoms with van der Waals surface area (Å²) in [5.74, 6) is 0.969. The molecule has 17 heavy (non-hydrogen) atoms. The number of benzene rings is 1. The Balaban J connectivity index is 2.91. The van der Waals surface area contributed by atoms with Gasteiger partial charge in [-0.05, 0) is 63.1 Å². The third-order valence-electron chi connectivity index (χ3n) is 2.45. The van der Waals surface area contributed by atoms with E-state index >= 15 is 0 Å². The molecule has 2 nitrogen and oxygen atoms in total. The third kappa shape index (κ3) is 4.52. The minimum Gasteiger partial charge on any atom is -0.489 e. The molecule has 0 aliphatic rings. The number of aryl methyl sites for hydroxylation is 1. The first-order valence-electron chi connectivity index (χ1n) is 5.80. The molecule has 0 aromatic heterocycles. The summed E-state index contributed by atoms with van der Waals surface area (Å²) in [6.45, 7) is 7.44. The van der Waals surface area contributed by atoms with Crippen LogP contribution in [-0.4, -0.2) is 13.2 Å². The van der Waals surface area contributed by atoms with Crippen LogP contribution in [0.5, 0.6) is 5.75 Å². The van der Waals surface area contributed by atoms with E-state index in [1.54, 1.807) is 0 Å². The van der Waals surface area contributed by atoms with Crippen molar-refractivity contribution in [2.75, 3.05) is 13.2 Å². The van der Waals surface area contributed by atoms with Crippen LogP contribution in [0.3, 0.4) is 0 Å². The van der Waals surface area contributed by atoms with Crippen molar-refractivity contribution >= 4 is 15.9 Å². The van der Waals surface area contributed by atoms with Crippen molar-refractivity contribution in [1.29, 1.82) is 0 Å². The molecule has 2 N–H and O–H groups in total. The summed E-state index contributed by atoms with van der Waals surface area (Å²) in [7, 11) is 0. The van der Waals surface area contributed by atoms with Crippen molar-refractivity contribution in [3.8, 4) is 5.75 Å². The summed E-state index contributed by atoms with van der Waals surface area (Å²) in [5.41, 5.74) is 9.20. The first kappa shape index (κ1) is 14.3. The summed E-state index contributed by atoms with van der Waals surface area (Å²) in [6, 6.07) is 4.15. The first-order chi connectivity index (χ1) is 8.04. The lowest BCUT2D eigenvalue weighted by Crippen LogP contribution is -2.07. The molecule has 0 aliphatic carbocycles. The molecule has 1 aromatic carbocycles. The molecular weight excluding hydrogens is 278 g/mol. The summed E-state index contributed by atoms with van der Waals surface area (Å²) in [5, 5.41) is 0. The number of hydrogen-bond acceptors (Lipinski definition) is 2. The van der Waals surface area contributed by atoms with Gasteiger partial charge in [0, 0.05) is 4.47 Å². The number of halogens is 1. The molecule has 0 aliphatic heterocycles. The van der Waals surface area contributed by atoms with Crippen molar-refractivity contribution in [3.63, 3.8) is 0 Å². The Kier molecular flexibility index (Phi) is 5.72. The van der Waals surface area contributed by atoms with E-state index in [-0.39, 0.29) is 0 Å². The second kappa shape index (κ2) is 6.82. The van der Waals surface area contributed by atoms with Gasteiger partial charge in [-0.3, -0.25) is 0 Å². The van der Waals surface area contributed by atoms with Crippen LogP contribution in [-0.2, 0) is 6.42 Å². The lowest BCUT2D eigenvalue weighted by Gasteiger charge is -2.13. The third-order valence-corrected chi connectivity index (χ3v) is 2.91. The highest BCUT2D eigenvalue weighted by molar-refractivity contribution is 9.10. The minimum absolute atomic E-state index is 0.613. The van der Waals surface area contributed by atoms with Gasteiger partial charge in [0.2, 0.25) is 0 Å². The van der Waals surface area contributed by atoms with E-state index in [0.29, 0.717) is 13.2 Å². The predicted molar refractivity (Wildman–Crippen MR) is 76.6 cm³/mol. The van der Waals surface area contributed by atoms with Gasteiger partial charge in [0.25, 0.3) is 0 Å². The van der Waals surface area contributed by atoms with E-state index in [9.17, 15) is 0 Å². The molecule has 0 bridgehead atoms. The number of hydrogen-bond donors (Lipinski definition) is 1. The summed E-state index contributed by atoms with van der Waals surface area (Å²) >= 11 is 3.50. The fourth-order valence-corrected chi connectivity index (χ4v) is 2.26. The molecule has 0 heterocycles. The standard InChI is InChI=1S/C14H20BrNO/c1-10(2)5-7-17-14-11(3)8-13(15)9-12(14)4-6-16/h5,8-9H,4,6-7,16H2,1-3H3. The van der Waals surface area contributed by atoms with Gasteiger partial charge in [0.1, 0.15) is 12.4 Å². The first-order valence-corrected chi connectivity index (χ1v) is 6.59. The van der Waals surface area contributed by atoms with Gasteiger partial charge in [0.05, 0.1) is 0 Å². The Labute approximate surface area is 112 Å². The van der Waals surface area contributed by atoms with E-state index in [0.717, 1.165) is 22.2 Å². The minimum atomic E-state index is 0.613. The van der Waals surface area contributed by atoms with Crippen LogP contribution in [0.15, 0.2) is 28.3 Å². The number of ether oxygens (including phenoxy) is 1. The smallest absolute Gasteiger partial charge is 0.125 e. The summed E-state index contributed by atoms with van der Waals surface area (Å²) in [4.78, 5) is 0. The van der Waals surface area contributed by atoms with Gasteiger partial charge in [-0.25, -0.2) is 0 Å². The van der Waals surface area contributed by atoms with E-state index in [4.69, 9.17) is 10.5 Å². The fourth-order valence-electron chi connectivity index (χ4n) is 1.64. The molecule has 1 rings (SSSR count). The van der Waals surface area contributed by atoms with Crippen LogP contribution in [0, 0.1) is 6.92 Å². The average molecular weight is 298 g/mol. The Bertz CT molecular complexity index is 409. The fraction of sp³-hybridized carbons (Fsp3) is 0.429. The monoisotopic (exact) mass is 297 g/mol. The normalized spacial score (nSPS) is 10.2. The summed E-state index contributed by atoms with van der Waals surface area (Å²) < 4.78 is 6.91. The summed E-state index contributed by atoms with van der Waals surface area (Å²) in [6.07, 6.45) is 2.91. The van der Waals surface area contributed by atoms with Crippen LogP contribution >= 0.6 is 15.9 Å². The highest BCUT2D eigenvalue weighted by Crippen LogP contribution is 2.28. The molecule has 0 fully saturated rings. The Hall–Kier alpha value is -0.800. The van der Waals surface area contributed by atoms with Crippen molar-refractivity contribution < 1.29 is 4.74 Å². The van der Waals surface area contributed by atoms with Crippen molar-refractivity contribution in [2.45, 2.75) is 27.2 Å². The lowest BCUT2D eigenvalue weighted by atomic mass is 10.1. The van der Waals surface area contributed by atoms with Crippen LogP contribution in [0.2, 0.25) is 0 Å². The van der Waals surface area contributed by atoms with Gasteiger partial charge < -0.3 is 10.5 Å². The maximum Gasteiger partial charge on any atom is 0.125 e. The highest BCUT2D eigenvalue weighted by Gasteiger charge is 2.08. The second-order valence-corrected chi connectivity index (χ2v) is 5.26. The number of rotatable bonds is 5. The quantitative estimate of drug-likeness (QED) is 0.843. The predicted octanol–water partition coefficient (Wildman–Crippen LogP) is 3.60. The van der Waals surface area contributed by atoms with E-state index in [2.05, 4.69) is 54.9 Å². The number of nitrogens with two attached hydrogens (primary N) is 1. The van der Waals surface area contributed by atoms with Crippen molar-refractivity contribution in [3.05, 3.63) is 39.4 Å². The van der Waals surface area contributed by atoms with Gasteiger partial charge in [-0.1, -0.05) is 21.5 Å². The molecule has 0 radical (unpaired) electrons. The molecule has 0 amide bonds. The zero-order valence-corrected chi connectivity index (χ0v) is 12.3. The molecule has 0 unspecified atom stereocenters. The van der Waals surface area contributed by atoms with Crippen LogP contribution < -0.4 is 10.5 Å². The molecule has 3 heteroatoms. The lowest BCUT2D eigenvalue weighted by molar-refractivity contribution is 0.355. The molecule has 0 spiro atoms. The maximum atomic E-state index is 5.83. The van der Waals surface area contributed by atoms with Crippen molar-refractivity contribution in [2.24, 2.45) is 5.73 Å². The molecular formula is C14H20BrNO. The highest BCUT2D eigenvalue weighted by atomic mass is 79.9. The van der Waals surface area contributed by atoms with Crippen LogP contribution in [0.25, 0.3) is 0 Å². The van der Waals surface area contributed by atoms with E-state index in [1.165, 1.54) is 11.1 Å². The Morgan fingerprint density at radius 2 is 2.12 bits per heavy atom. The van der Waals surface area contributed by atoms with Gasteiger partial charge in [-0.2, -0.15) is 0 Å². The Morgan fingerprint density at radius 1 is 1.41 bits per heavy atom. The number of allylic oxidation sites excluding steroid dienone is 1.